The van der Waals surface area contributed by atoms with Crippen LogP contribution in [0.4, 0.5) is 13.2 Å². The number of aryl methyl sites for hydroxylation is 1. The second kappa shape index (κ2) is 4.79. The summed E-state index contributed by atoms with van der Waals surface area (Å²) in [5.41, 5.74) is 0.673. The van der Waals surface area contributed by atoms with Crippen molar-refractivity contribution in [2.75, 3.05) is 13.7 Å². The molecular weight excluding hydrogens is 247 g/mol. The van der Waals surface area contributed by atoms with E-state index in [2.05, 4.69) is 10.4 Å². The van der Waals surface area contributed by atoms with E-state index >= 15 is 0 Å². The molecule has 2 atom stereocenters. The van der Waals surface area contributed by atoms with Crippen LogP contribution in [0.3, 0.4) is 0 Å². The topological polar surface area (TPSA) is 39.1 Å². The van der Waals surface area contributed by atoms with Crippen molar-refractivity contribution in [1.29, 1.82) is 0 Å². The van der Waals surface area contributed by atoms with Crippen LogP contribution in [-0.2, 0) is 7.05 Å². The summed E-state index contributed by atoms with van der Waals surface area (Å²) in [6, 6.07) is -0.368. The maximum absolute atomic E-state index is 12.8. The van der Waals surface area contributed by atoms with Crippen molar-refractivity contribution in [3.8, 4) is 5.75 Å². The van der Waals surface area contributed by atoms with Crippen molar-refractivity contribution in [3.63, 3.8) is 0 Å². The van der Waals surface area contributed by atoms with Gasteiger partial charge in [-0.3, -0.25) is 4.68 Å². The molecule has 2 unspecified atom stereocenters. The van der Waals surface area contributed by atoms with Gasteiger partial charge in [0.25, 0.3) is 0 Å². The van der Waals surface area contributed by atoms with Crippen molar-refractivity contribution in [2.24, 2.45) is 13.0 Å². The molecule has 1 aromatic heterocycles. The third-order valence-corrected chi connectivity index (χ3v) is 3.37. The minimum absolute atomic E-state index is 0.0272. The summed E-state index contributed by atoms with van der Waals surface area (Å²) in [5.74, 6) is -0.735. The summed E-state index contributed by atoms with van der Waals surface area (Å²) in [7, 11) is 3.20. The second-order valence-electron chi connectivity index (χ2n) is 4.49. The smallest absolute Gasteiger partial charge is 0.391 e. The van der Waals surface area contributed by atoms with Gasteiger partial charge in [0.1, 0.15) is 0 Å². The van der Waals surface area contributed by atoms with Crippen LogP contribution < -0.4 is 10.1 Å². The number of hydrogen-bond acceptors (Lipinski definition) is 3. The Labute approximate surface area is 103 Å². The average Bonchev–Trinajstić information content (AvgIpc) is 2.69. The summed E-state index contributed by atoms with van der Waals surface area (Å²) in [6.07, 6.45) is -2.46. The van der Waals surface area contributed by atoms with E-state index in [1.807, 2.05) is 0 Å². The van der Waals surface area contributed by atoms with E-state index in [1.54, 1.807) is 11.7 Å². The fourth-order valence-corrected chi connectivity index (χ4v) is 2.40. The van der Waals surface area contributed by atoms with Crippen LogP contribution in [0.25, 0.3) is 0 Å². The van der Waals surface area contributed by atoms with Crippen molar-refractivity contribution in [3.05, 3.63) is 11.9 Å². The van der Waals surface area contributed by atoms with Gasteiger partial charge >= 0.3 is 6.18 Å². The number of alkyl halides is 3. The Morgan fingerprint density at radius 3 is 2.83 bits per heavy atom. The minimum Gasteiger partial charge on any atom is -0.493 e. The molecule has 18 heavy (non-hydrogen) atoms. The molecule has 1 aliphatic heterocycles. The molecule has 1 aromatic rings. The lowest BCUT2D eigenvalue weighted by molar-refractivity contribution is -0.183. The number of hydrogen-bond donors (Lipinski definition) is 1. The maximum Gasteiger partial charge on any atom is 0.391 e. The van der Waals surface area contributed by atoms with Crippen LogP contribution in [0.15, 0.2) is 6.20 Å². The Kier molecular flexibility index (Phi) is 3.52. The number of methoxy groups -OCH3 is 1. The first kappa shape index (κ1) is 13.2. The van der Waals surface area contributed by atoms with Crippen molar-refractivity contribution in [1.82, 2.24) is 15.1 Å². The molecule has 0 amide bonds. The van der Waals surface area contributed by atoms with Gasteiger partial charge < -0.3 is 10.1 Å². The van der Waals surface area contributed by atoms with E-state index in [1.165, 1.54) is 13.3 Å². The summed E-state index contributed by atoms with van der Waals surface area (Å²) in [6.45, 7) is 0.350. The summed E-state index contributed by atoms with van der Waals surface area (Å²) in [4.78, 5) is 0. The van der Waals surface area contributed by atoms with Crippen LogP contribution in [0.2, 0.25) is 0 Å². The van der Waals surface area contributed by atoms with Crippen LogP contribution in [0.1, 0.15) is 24.6 Å². The molecule has 1 saturated heterocycles. The lowest BCUT2D eigenvalue weighted by Crippen LogP contribution is -2.38. The van der Waals surface area contributed by atoms with Gasteiger partial charge in [0.15, 0.2) is 5.75 Å². The molecule has 0 spiro atoms. The molecule has 0 saturated carbocycles. The number of aromatic nitrogens is 2. The van der Waals surface area contributed by atoms with Gasteiger partial charge in [-0.1, -0.05) is 0 Å². The average molecular weight is 263 g/mol. The first-order chi connectivity index (χ1) is 8.43. The number of piperidine rings is 1. The first-order valence-electron chi connectivity index (χ1n) is 5.79. The van der Waals surface area contributed by atoms with E-state index < -0.39 is 12.1 Å². The zero-order valence-electron chi connectivity index (χ0n) is 10.3. The standard InChI is InChI=1S/C11H16F3N3O/c1-17-10(9(18-2)6-16-17)8-5-7(3-4-15-8)11(12,13)14/h6-8,15H,3-5H2,1-2H3. The monoisotopic (exact) mass is 263 g/mol. The summed E-state index contributed by atoms with van der Waals surface area (Å²) >= 11 is 0. The molecule has 2 rings (SSSR count). The Hall–Kier alpha value is -1.24. The van der Waals surface area contributed by atoms with E-state index in [0.29, 0.717) is 18.0 Å². The van der Waals surface area contributed by atoms with Crippen molar-refractivity contribution < 1.29 is 17.9 Å². The van der Waals surface area contributed by atoms with Crippen LogP contribution in [0.5, 0.6) is 5.75 Å². The Bertz CT molecular complexity index is 416. The van der Waals surface area contributed by atoms with Gasteiger partial charge in [-0.25, -0.2) is 0 Å². The summed E-state index contributed by atoms with van der Waals surface area (Å²) < 4.78 is 45.0. The van der Waals surface area contributed by atoms with Crippen LogP contribution >= 0.6 is 0 Å². The minimum atomic E-state index is -4.13. The van der Waals surface area contributed by atoms with Gasteiger partial charge in [0.2, 0.25) is 0 Å². The molecule has 1 aliphatic rings. The Morgan fingerprint density at radius 1 is 1.50 bits per heavy atom. The number of nitrogens with zero attached hydrogens (tertiary/aromatic N) is 2. The van der Waals surface area contributed by atoms with Gasteiger partial charge in [0.05, 0.1) is 31.0 Å². The van der Waals surface area contributed by atoms with E-state index in [0.717, 1.165) is 0 Å². The van der Waals surface area contributed by atoms with Gasteiger partial charge in [-0.15, -0.1) is 0 Å². The SMILES string of the molecule is COc1cnn(C)c1C1CC(C(F)(F)F)CCN1. The zero-order valence-corrected chi connectivity index (χ0v) is 10.3. The van der Waals surface area contributed by atoms with Crippen molar-refractivity contribution in [2.45, 2.75) is 25.1 Å². The van der Waals surface area contributed by atoms with E-state index in [9.17, 15) is 13.2 Å². The lowest BCUT2D eigenvalue weighted by atomic mass is 9.90. The third kappa shape index (κ3) is 2.45. The molecule has 102 valence electrons. The van der Waals surface area contributed by atoms with Crippen LogP contribution in [0, 0.1) is 5.92 Å². The van der Waals surface area contributed by atoms with Crippen molar-refractivity contribution >= 4 is 0 Å². The molecule has 2 heterocycles. The highest BCUT2D eigenvalue weighted by atomic mass is 19.4. The van der Waals surface area contributed by atoms with Gasteiger partial charge in [0, 0.05) is 7.05 Å². The van der Waals surface area contributed by atoms with Crippen LogP contribution in [-0.4, -0.2) is 29.6 Å². The first-order valence-corrected chi connectivity index (χ1v) is 5.79. The molecule has 0 radical (unpaired) electrons. The number of ether oxygens (including phenoxy) is 1. The molecule has 0 aliphatic carbocycles. The predicted molar refractivity (Wildman–Crippen MR) is 59.3 cm³/mol. The molecule has 4 nitrogen and oxygen atoms in total. The molecular formula is C11H16F3N3O. The third-order valence-electron chi connectivity index (χ3n) is 3.37. The van der Waals surface area contributed by atoms with E-state index in [-0.39, 0.29) is 18.9 Å². The highest BCUT2D eigenvalue weighted by Gasteiger charge is 2.43. The highest BCUT2D eigenvalue weighted by molar-refractivity contribution is 5.28. The zero-order chi connectivity index (χ0) is 13.3. The molecule has 7 heteroatoms. The van der Waals surface area contributed by atoms with E-state index in [4.69, 9.17) is 4.74 Å². The normalized spacial score (nSPS) is 25.2. The molecule has 1 fully saturated rings. The summed E-state index contributed by atoms with van der Waals surface area (Å²) in [5, 5.41) is 7.12. The molecule has 1 N–H and O–H groups in total. The van der Waals surface area contributed by atoms with Gasteiger partial charge in [-0.05, 0) is 19.4 Å². The highest BCUT2D eigenvalue weighted by Crippen LogP contribution is 2.39. The molecule has 0 bridgehead atoms. The fraction of sp³-hybridized carbons (Fsp3) is 0.727. The number of rotatable bonds is 2. The largest absolute Gasteiger partial charge is 0.493 e. The number of nitrogens with one attached hydrogen (secondary N) is 1. The quantitative estimate of drug-likeness (QED) is 0.887. The maximum atomic E-state index is 12.8. The Morgan fingerprint density at radius 2 is 2.22 bits per heavy atom. The second-order valence-corrected chi connectivity index (χ2v) is 4.49. The van der Waals surface area contributed by atoms with Gasteiger partial charge in [-0.2, -0.15) is 18.3 Å². The predicted octanol–water partition coefficient (Wildman–Crippen LogP) is 2.03. The molecule has 0 aromatic carbocycles. The number of halogens is 3. The lowest BCUT2D eigenvalue weighted by Gasteiger charge is -2.31. The Balaban J connectivity index is 2.20. The fourth-order valence-electron chi connectivity index (χ4n) is 2.40.